The van der Waals surface area contributed by atoms with Crippen molar-refractivity contribution in [2.24, 2.45) is 7.05 Å². The van der Waals surface area contributed by atoms with Crippen molar-refractivity contribution in [2.45, 2.75) is 20.0 Å². The summed E-state index contributed by atoms with van der Waals surface area (Å²) < 4.78 is 19.5. The molecule has 0 spiro atoms. The van der Waals surface area contributed by atoms with Gasteiger partial charge in [0.2, 0.25) is 5.78 Å². The number of hydrogen-bond donors (Lipinski definition) is 0. The van der Waals surface area contributed by atoms with Crippen molar-refractivity contribution in [1.82, 2.24) is 19.2 Å². The first-order valence-electron chi connectivity index (χ1n) is 9.91. The lowest BCUT2D eigenvalue weighted by Gasteiger charge is -2.09. The van der Waals surface area contributed by atoms with E-state index in [1.807, 2.05) is 31.2 Å². The van der Waals surface area contributed by atoms with Gasteiger partial charge in [-0.05, 0) is 43.3 Å². The summed E-state index contributed by atoms with van der Waals surface area (Å²) in [5.74, 6) is 1.81. The first-order valence-corrected chi connectivity index (χ1v) is 9.91. The van der Waals surface area contributed by atoms with Gasteiger partial charge in [0.1, 0.15) is 11.5 Å². The number of nitrogens with zero attached hydrogens (tertiary/aromatic N) is 4. The molecule has 9 nitrogen and oxygen atoms in total. The van der Waals surface area contributed by atoms with Gasteiger partial charge in [-0.25, -0.2) is 0 Å². The number of hydrogen-bond acceptors (Lipinski definition) is 7. The minimum Gasteiger partial charge on any atom is -0.494 e. The van der Waals surface area contributed by atoms with Crippen molar-refractivity contribution in [3.63, 3.8) is 0 Å². The highest BCUT2D eigenvalue weighted by Crippen LogP contribution is 2.18. The summed E-state index contributed by atoms with van der Waals surface area (Å²) in [6.07, 6.45) is 0.0865. The van der Waals surface area contributed by atoms with Gasteiger partial charge < -0.3 is 14.2 Å². The summed E-state index contributed by atoms with van der Waals surface area (Å²) in [7, 11) is 1.63. The normalized spacial score (nSPS) is 11.0. The maximum atomic E-state index is 12.5. The van der Waals surface area contributed by atoms with Crippen molar-refractivity contribution >= 4 is 22.6 Å². The van der Waals surface area contributed by atoms with Crippen LogP contribution in [0.3, 0.4) is 0 Å². The highest BCUT2D eigenvalue weighted by atomic mass is 16.5. The molecule has 0 aliphatic heterocycles. The Bertz CT molecular complexity index is 1280. The SMILES string of the molecule is CCOc1ccc(OCCC(=O)OCc2nnc3n(C)c(=O)c4ccccc4n23)cc1. The number of ether oxygens (including phenoxy) is 3. The Morgan fingerprint density at radius 3 is 2.45 bits per heavy atom. The number of carbonyl (C=O) groups excluding carboxylic acids is 1. The smallest absolute Gasteiger partial charge is 0.309 e. The molecule has 2 aromatic carbocycles. The van der Waals surface area contributed by atoms with Crippen molar-refractivity contribution in [3.05, 3.63) is 64.7 Å². The summed E-state index contributed by atoms with van der Waals surface area (Å²) in [5, 5.41) is 8.72. The predicted octanol–water partition coefficient (Wildman–Crippen LogP) is 2.49. The van der Waals surface area contributed by atoms with Crippen LogP contribution in [0.2, 0.25) is 0 Å². The minimum atomic E-state index is -0.420. The summed E-state index contributed by atoms with van der Waals surface area (Å²) >= 11 is 0. The first-order chi connectivity index (χ1) is 15.1. The van der Waals surface area contributed by atoms with Crippen molar-refractivity contribution in [2.75, 3.05) is 13.2 Å². The van der Waals surface area contributed by atoms with Gasteiger partial charge in [-0.2, -0.15) is 0 Å². The summed E-state index contributed by atoms with van der Waals surface area (Å²) in [4.78, 5) is 24.6. The van der Waals surface area contributed by atoms with Gasteiger partial charge in [0.25, 0.3) is 5.56 Å². The van der Waals surface area contributed by atoms with E-state index in [0.717, 1.165) is 5.75 Å². The first kappa shape index (κ1) is 20.4. The molecule has 31 heavy (non-hydrogen) atoms. The lowest BCUT2D eigenvalue weighted by atomic mass is 10.2. The molecule has 0 fully saturated rings. The number of fused-ring (bicyclic) bond motifs is 3. The molecule has 0 radical (unpaired) electrons. The molecule has 0 atom stereocenters. The maximum absolute atomic E-state index is 12.5. The van der Waals surface area contributed by atoms with E-state index in [-0.39, 0.29) is 25.2 Å². The van der Waals surface area contributed by atoms with Crippen LogP contribution in [0.5, 0.6) is 11.5 Å². The van der Waals surface area contributed by atoms with Crippen LogP contribution < -0.4 is 15.0 Å². The molecule has 2 aromatic heterocycles. The van der Waals surface area contributed by atoms with Crippen molar-refractivity contribution < 1.29 is 19.0 Å². The van der Waals surface area contributed by atoms with Crippen LogP contribution in [0.4, 0.5) is 0 Å². The molecule has 0 amide bonds. The quantitative estimate of drug-likeness (QED) is 0.403. The predicted molar refractivity (Wildman–Crippen MR) is 113 cm³/mol. The zero-order chi connectivity index (χ0) is 21.8. The average Bonchev–Trinajstić information content (AvgIpc) is 3.22. The third-order valence-electron chi connectivity index (χ3n) is 4.76. The van der Waals surface area contributed by atoms with Gasteiger partial charge >= 0.3 is 5.97 Å². The molecule has 9 heteroatoms. The molecule has 0 bridgehead atoms. The zero-order valence-corrected chi connectivity index (χ0v) is 17.3. The van der Waals surface area contributed by atoms with E-state index in [1.54, 1.807) is 35.7 Å². The second-order valence-corrected chi connectivity index (χ2v) is 6.80. The van der Waals surface area contributed by atoms with E-state index in [1.165, 1.54) is 4.57 Å². The second-order valence-electron chi connectivity index (χ2n) is 6.80. The summed E-state index contributed by atoms with van der Waals surface area (Å²) in [5.41, 5.74) is 0.501. The van der Waals surface area contributed by atoms with E-state index in [9.17, 15) is 9.59 Å². The summed E-state index contributed by atoms with van der Waals surface area (Å²) in [6.45, 7) is 2.64. The maximum Gasteiger partial charge on any atom is 0.309 e. The Hall–Kier alpha value is -3.88. The van der Waals surface area contributed by atoms with Crippen LogP contribution in [-0.2, 0) is 23.2 Å². The number of carbonyl (C=O) groups is 1. The van der Waals surface area contributed by atoms with Crippen LogP contribution in [0.15, 0.2) is 53.3 Å². The molecule has 0 N–H and O–H groups in total. The molecule has 4 aromatic rings. The van der Waals surface area contributed by atoms with Gasteiger partial charge in [0.05, 0.1) is 30.5 Å². The van der Waals surface area contributed by atoms with Crippen molar-refractivity contribution in [3.8, 4) is 11.5 Å². The van der Waals surface area contributed by atoms with Gasteiger partial charge in [-0.3, -0.25) is 18.6 Å². The monoisotopic (exact) mass is 422 g/mol. The van der Waals surface area contributed by atoms with Gasteiger partial charge in [-0.1, -0.05) is 12.1 Å². The Kier molecular flexibility index (Phi) is 5.83. The molecule has 0 unspecified atom stereocenters. The lowest BCUT2D eigenvalue weighted by Crippen LogP contribution is -2.20. The molecule has 0 aliphatic carbocycles. The fourth-order valence-electron chi connectivity index (χ4n) is 3.25. The average molecular weight is 422 g/mol. The van der Waals surface area contributed by atoms with E-state index >= 15 is 0 Å². The molecule has 2 heterocycles. The van der Waals surface area contributed by atoms with Crippen molar-refractivity contribution in [1.29, 1.82) is 0 Å². The highest BCUT2D eigenvalue weighted by molar-refractivity contribution is 5.80. The topological polar surface area (TPSA) is 96.9 Å². The van der Waals surface area contributed by atoms with Crippen LogP contribution in [0.1, 0.15) is 19.2 Å². The van der Waals surface area contributed by atoms with Crippen LogP contribution in [0.25, 0.3) is 16.7 Å². The Balaban J connectivity index is 1.39. The van der Waals surface area contributed by atoms with Crippen LogP contribution in [-0.4, -0.2) is 38.3 Å². The van der Waals surface area contributed by atoms with Gasteiger partial charge in [0.15, 0.2) is 12.4 Å². The van der Waals surface area contributed by atoms with E-state index < -0.39 is 5.97 Å². The molecular formula is C22H22N4O5. The number of rotatable bonds is 8. The zero-order valence-electron chi connectivity index (χ0n) is 17.3. The number of para-hydroxylation sites is 1. The molecule has 0 saturated carbocycles. The number of aromatic nitrogens is 4. The van der Waals surface area contributed by atoms with Gasteiger partial charge in [0, 0.05) is 7.05 Å². The minimum absolute atomic E-state index is 0.0642. The second kappa shape index (κ2) is 8.86. The highest BCUT2D eigenvalue weighted by Gasteiger charge is 2.15. The van der Waals surface area contributed by atoms with Crippen LogP contribution in [0, 0.1) is 0 Å². The number of benzene rings is 2. The van der Waals surface area contributed by atoms with E-state index in [2.05, 4.69) is 10.2 Å². The van der Waals surface area contributed by atoms with E-state index in [0.29, 0.717) is 34.9 Å². The molecule has 160 valence electrons. The number of esters is 1. The molecule has 4 rings (SSSR count). The lowest BCUT2D eigenvalue weighted by molar-refractivity contribution is -0.145. The Labute approximate surface area is 177 Å². The largest absolute Gasteiger partial charge is 0.494 e. The third-order valence-corrected chi connectivity index (χ3v) is 4.76. The standard InChI is InChI=1S/C22H22N4O5/c1-3-29-15-8-10-16(11-9-15)30-13-12-20(27)31-14-19-23-24-22-25(2)21(28)17-6-4-5-7-18(17)26(19)22/h4-11H,3,12-14H2,1-2H3. The third kappa shape index (κ3) is 4.20. The fraction of sp³-hybridized carbons (Fsp3) is 0.273. The molecular weight excluding hydrogens is 400 g/mol. The van der Waals surface area contributed by atoms with Gasteiger partial charge in [-0.15, -0.1) is 10.2 Å². The Morgan fingerprint density at radius 1 is 1.00 bits per heavy atom. The fourth-order valence-corrected chi connectivity index (χ4v) is 3.25. The Morgan fingerprint density at radius 2 is 1.71 bits per heavy atom. The van der Waals surface area contributed by atoms with Crippen LogP contribution >= 0.6 is 0 Å². The molecule has 0 saturated heterocycles. The molecule has 0 aliphatic rings. The number of aryl methyl sites for hydroxylation is 1. The van der Waals surface area contributed by atoms with E-state index in [4.69, 9.17) is 14.2 Å². The summed E-state index contributed by atoms with van der Waals surface area (Å²) in [6, 6.07) is 14.4.